The molecule has 0 saturated heterocycles. The van der Waals surface area contributed by atoms with Crippen molar-refractivity contribution in [2.24, 2.45) is 11.3 Å². The van der Waals surface area contributed by atoms with Gasteiger partial charge in [-0.2, -0.15) is 0 Å². The monoisotopic (exact) mass is 451 g/mol. The van der Waals surface area contributed by atoms with Crippen LogP contribution in [0.5, 0.6) is 17.2 Å². The van der Waals surface area contributed by atoms with E-state index in [9.17, 15) is 14.7 Å². The lowest BCUT2D eigenvalue weighted by molar-refractivity contribution is -0.169. The minimum absolute atomic E-state index is 0.0959. The van der Waals surface area contributed by atoms with Gasteiger partial charge in [-0.3, -0.25) is 9.59 Å². The van der Waals surface area contributed by atoms with Gasteiger partial charge in [-0.15, -0.1) is 0 Å². The van der Waals surface area contributed by atoms with Crippen LogP contribution in [0.2, 0.25) is 0 Å². The van der Waals surface area contributed by atoms with Crippen LogP contribution in [-0.2, 0) is 11.3 Å². The molecule has 0 radical (unpaired) electrons. The fourth-order valence-corrected chi connectivity index (χ4v) is 5.44. The molecule has 0 bridgehead atoms. The Hall–Kier alpha value is -3.22. The Morgan fingerprint density at radius 2 is 1.79 bits per heavy atom. The van der Waals surface area contributed by atoms with E-state index in [0.29, 0.717) is 42.2 Å². The number of hydrogen-bond donors (Lipinski definition) is 2. The van der Waals surface area contributed by atoms with Crippen LogP contribution in [0.1, 0.15) is 54.4 Å². The number of carbonyl (C=O) groups excluding carboxylic acids is 1. The highest BCUT2D eigenvalue weighted by Crippen LogP contribution is 2.54. The fraction of sp³-hybridized carbons (Fsp3) is 0.462. The molecule has 33 heavy (non-hydrogen) atoms. The predicted octanol–water partition coefficient (Wildman–Crippen LogP) is 4.42. The number of rotatable bonds is 8. The van der Waals surface area contributed by atoms with Crippen LogP contribution in [0.25, 0.3) is 11.1 Å². The quantitative estimate of drug-likeness (QED) is 0.617. The highest BCUT2D eigenvalue weighted by molar-refractivity contribution is 6.01. The van der Waals surface area contributed by atoms with E-state index in [1.807, 2.05) is 30.3 Å². The van der Waals surface area contributed by atoms with Crippen LogP contribution in [0.4, 0.5) is 0 Å². The largest absolute Gasteiger partial charge is 0.493 e. The number of ether oxygens (including phenoxy) is 3. The third kappa shape index (κ3) is 3.33. The second-order valence-electron chi connectivity index (χ2n) is 9.24. The molecule has 1 amide bonds. The summed E-state index contributed by atoms with van der Waals surface area (Å²) in [6, 6.07) is 9.35. The van der Waals surface area contributed by atoms with Crippen molar-refractivity contribution in [3.8, 4) is 28.4 Å². The molecule has 5 rings (SSSR count). The normalized spacial score (nSPS) is 19.5. The zero-order chi connectivity index (χ0) is 23.2. The molecule has 1 unspecified atom stereocenters. The molecule has 2 fully saturated rings. The highest BCUT2D eigenvalue weighted by atomic mass is 16.5. The van der Waals surface area contributed by atoms with E-state index in [2.05, 4.69) is 5.32 Å². The zero-order valence-corrected chi connectivity index (χ0v) is 19.0. The average molecular weight is 452 g/mol. The van der Waals surface area contributed by atoms with Crippen LogP contribution in [0, 0.1) is 11.3 Å². The summed E-state index contributed by atoms with van der Waals surface area (Å²) in [5.74, 6) is 0.743. The summed E-state index contributed by atoms with van der Waals surface area (Å²) in [6.45, 7) is 0.434. The van der Waals surface area contributed by atoms with E-state index in [-0.39, 0.29) is 11.8 Å². The number of carboxylic acid groups (broad SMARTS) is 1. The SMILES string of the molecule is COc1ccc(-c2cccc3c2CNC3=O)c(OC(C2CCC2)C2(C(=O)O)CCC2)c1OC. The van der Waals surface area contributed by atoms with E-state index in [0.717, 1.165) is 42.4 Å². The minimum atomic E-state index is -0.882. The lowest BCUT2D eigenvalue weighted by atomic mass is 9.59. The molecule has 2 aliphatic carbocycles. The van der Waals surface area contributed by atoms with Crippen LogP contribution >= 0.6 is 0 Å². The zero-order valence-electron chi connectivity index (χ0n) is 19.0. The van der Waals surface area contributed by atoms with Gasteiger partial charge in [0.15, 0.2) is 11.5 Å². The molecule has 0 aromatic heterocycles. The van der Waals surface area contributed by atoms with E-state index in [1.165, 1.54) is 0 Å². The maximum atomic E-state index is 12.4. The number of nitrogens with one attached hydrogen (secondary N) is 1. The highest BCUT2D eigenvalue weighted by Gasteiger charge is 2.56. The Morgan fingerprint density at radius 3 is 2.36 bits per heavy atom. The predicted molar refractivity (Wildman–Crippen MR) is 122 cm³/mol. The standard InChI is InChI=1S/C26H29NO6/c1-31-20-11-10-17(16-8-4-9-18-19(16)14-27-24(18)28)21(22(20)32-2)33-23(15-6-3-7-15)26(25(29)30)12-5-13-26/h4,8-11,15,23H,3,5-7,12-14H2,1-2H3,(H,27,28)(H,29,30). The molecule has 2 aromatic rings. The summed E-state index contributed by atoms with van der Waals surface area (Å²) in [5.41, 5.74) is 2.30. The van der Waals surface area contributed by atoms with Gasteiger partial charge in [-0.05, 0) is 60.9 Å². The van der Waals surface area contributed by atoms with Crippen molar-refractivity contribution in [1.29, 1.82) is 0 Å². The van der Waals surface area contributed by atoms with Gasteiger partial charge in [0.05, 0.1) is 14.2 Å². The summed E-state index contributed by atoms with van der Waals surface area (Å²) in [7, 11) is 3.13. The molecule has 2 N–H and O–H groups in total. The van der Waals surface area contributed by atoms with E-state index in [4.69, 9.17) is 14.2 Å². The van der Waals surface area contributed by atoms with Gasteiger partial charge in [-0.1, -0.05) is 25.0 Å². The molecule has 174 valence electrons. The molecule has 7 heteroatoms. The van der Waals surface area contributed by atoms with Crippen molar-refractivity contribution in [3.63, 3.8) is 0 Å². The number of benzene rings is 2. The van der Waals surface area contributed by atoms with Crippen molar-refractivity contribution < 1.29 is 28.9 Å². The maximum absolute atomic E-state index is 12.4. The summed E-state index contributed by atoms with van der Waals surface area (Å²) in [6.07, 6.45) is 4.67. The molecule has 2 aromatic carbocycles. The summed E-state index contributed by atoms with van der Waals surface area (Å²) in [5, 5.41) is 13.1. The Kier molecular flexibility index (Phi) is 5.43. The van der Waals surface area contributed by atoms with Crippen LogP contribution in [-0.4, -0.2) is 37.3 Å². The van der Waals surface area contributed by atoms with Crippen LogP contribution in [0.3, 0.4) is 0 Å². The lowest BCUT2D eigenvalue weighted by Crippen LogP contribution is -2.55. The Morgan fingerprint density at radius 1 is 1.03 bits per heavy atom. The van der Waals surface area contributed by atoms with Gasteiger partial charge in [0.25, 0.3) is 5.91 Å². The van der Waals surface area contributed by atoms with Gasteiger partial charge in [0, 0.05) is 17.7 Å². The number of hydrogen-bond acceptors (Lipinski definition) is 5. The van der Waals surface area contributed by atoms with Crippen molar-refractivity contribution in [2.45, 2.75) is 51.2 Å². The fourth-order valence-electron chi connectivity index (χ4n) is 5.44. The molecular weight excluding hydrogens is 422 g/mol. The van der Waals surface area contributed by atoms with Crippen LogP contribution in [0.15, 0.2) is 30.3 Å². The first-order chi connectivity index (χ1) is 16.0. The molecule has 1 atom stereocenters. The maximum Gasteiger partial charge on any atom is 0.313 e. The number of aliphatic carboxylic acids is 1. The number of methoxy groups -OCH3 is 2. The molecular formula is C26H29NO6. The Bertz CT molecular complexity index is 1100. The number of carboxylic acids is 1. The van der Waals surface area contributed by atoms with E-state index in [1.54, 1.807) is 14.2 Å². The lowest BCUT2D eigenvalue weighted by Gasteiger charge is -2.49. The Balaban J connectivity index is 1.66. The first kappa shape index (κ1) is 21.6. The average Bonchev–Trinajstić information content (AvgIpc) is 3.12. The molecule has 2 saturated carbocycles. The third-order valence-electron chi connectivity index (χ3n) is 7.68. The first-order valence-corrected chi connectivity index (χ1v) is 11.6. The van der Waals surface area contributed by atoms with Crippen LogP contribution < -0.4 is 19.5 Å². The second kappa shape index (κ2) is 8.28. The van der Waals surface area contributed by atoms with Gasteiger partial charge in [0.1, 0.15) is 11.5 Å². The molecule has 1 heterocycles. The van der Waals surface area contributed by atoms with Gasteiger partial charge in [-0.25, -0.2) is 0 Å². The van der Waals surface area contributed by atoms with E-state index < -0.39 is 17.5 Å². The summed E-state index contributed by atoms with van der Waals surface area (Å²) >= 11 is 0. The molecule has 7 nitrogen and oxygen atoms in total. The van der Waals surface area contributed by atoms with Crippen molar-refractivity contribution in [3.05, 3.63) is 41.5 Å². The number of carbonyl (C=O) groups is 2. The van der Waals surface area contributed by atoms with Crippen molar-refractivity contribution >= 4 is 11.9 Å². The minimum Gasteiger partial charge on any atom is -0.493 e. The number of fused-ring (bicyclic) bond motifs is 1. The third-order valence-corrected chi connectivity index (χ3v) is 7.68. The van der Waals surface area contributed by atoms with E-state index >= 15 is 0 Å². The summed E-state index contributed by atoms with van der Waals surface area (Å²) < 4.78 is 18.0. The van der Waals surface area contributed by atoms with Gasteiger partial charge < -0.3 is 24.6 Å². The first-order valence-electron chi connectivity index (χ1n) is 11.6. The molecule has 1 aliphatic heterocycles. The van der Waals surface area contributed by atoms with Gasteiger partial charge in [0.2, 0.25) is 5.75 Å². The van der Waals surface area contributed by atoms with Gasteiger partial charge >= 0.3 is 5.97 Å². The Labute approximate surface area is 193 Å². The smallest absolute Gasteiger partial charge is 0.313 e. The van der Waals surface area contributed by atoms with Crippen molar-refractivity contribution in [2.75, 3.05) is 14.2 Å². The number of amides is 1. The molecule has 3 aliphatic rings. The summed E-state index contributed by atoms with van der Waals surface area (Å²) in [4.78, 5) is 24.7. The molecule has 0 spiro atoms. The van der Waals surface area contributed by atoms with Crippen molar-refractivity contribution in [1.82, 2.24) is 5.32 Å². The topological polar surface area (TPSA) is 94.1 Å². The second-order valence-corrected chi connectivity index (χ2v) is 9.24.